The lowest BCUT2D eigenvalue weighted by molar-refractivity contribution is 0.186. The van der Waals surface area contributed by atoms with Gasteiger partial charge in [0, 0.05) is 36.6 Å². The number of methoxy groups -OCH3 is 1. The van der Waals surface area contributed by atoms with Crippen LogP contribution >= 0.6 is 11.6 Å². The quantitative estimate of drug-likeness (QED) is 0.180. The number of hydrogen-bond acceptors (Lipinski definition) is 8. The molecular formula is C31H29ClFN7O. The van der Waals surface area contributed by atoms with Crippen molar-refractivity contribution in [3.8, 4) is 6.07 Å². The van der Waals surface area contributed by atoms with Crippen molar-refractivity contribution < 1.29 is 9.13 Å². The Labute approximate surface area is 242 Å². The van der Waals surface area contributed by atoms with Crippen LogP contribution in [0.25, 0.3) is 10.9 Å². The molecule has 1 saturated carbocycles. The normalized spacial score (nSPS) is 16.0. The number of halogens is 2. The van der Waals surface area contributed by atoms with Crippen LogP contribution in [0, 0.1) is 17.1 Å². The number of hydrazine groups is 2. The highest BCUT2D eigenvalue weighted by Crippen LogP contribution is 2.37. The molecule has 4 N–H and O–H groups in total. The molecule has 1 aromatic heterocycles. The zero-order chi connectivity index (χ0) is 28.3. The van der Waals surface area contributed by atoms with E-state index in [0.29, 0.717) is 45.5 Å². The maximum absolute atomic E-state index is 13.8. The summed E-state index contributed by atoms with van der Waals surface area (Å²) >= 11 is 6.79. The molecule has 6 rings (SSSR count). The van der Waals surface area contributed by atoms with Crippen LogP contribution in [-0.2, 0) is 4.74 Å². The molecule has 208 valence electrons. The van der Waals surface area contributed by atoms with E-state index in [4.69, 9.17) is 16.3 Å². The van der Waals surface area contributed by atoms with Crippen LogP contribution in [0.15, 0.2) is 84.8 Å². The Morgan fingerprint density at radius 1 is 1.12 bits per heavy atom. The number of anilines is 2. The summed E-state index contributed by atoms with van der Waals surface area (Å²) in [6, 6.07) is 22.3. The van der Waals surface area contributed by atoms with Crippen molar-refractivity contribution >= 4 is 33.9 Å². The second-order valence-electron chi connectivity index (χ2n) is 10.2. The van der Waals surface area contributed by atoms with Gasteiger partial charge in [0.05, 0.1) is 46.2 Å². The van der Waals surface area contributed by atoms with Gasteiger partial charge in [-0.05, 0) is 48.2 Å². The van der Waals surface area contributed by atoms with Gasteiger partial charge in [0.25, 0.3) is 0 Å². The number of hydrogen-bond donors (Lipinski definition) is 4. The molecule has 0 bridgehead atoms. The number of nitriles is 1. The van der Waals surface area contributed by atoms with E-state index in [1.165, 1.54) is 18.3 Å². The third-order valence-corrected chi connectivity index (χ3v) is 7.56. The third-order valence-electron chi connectivity index (χ3n) is 7.27. The highest BCUT2D eigenvalue weighted by Gasteiger charge is 2.32. The lowest BCUT2D eigenvalue weighted by Gasteiger charge is -2.24. The fourth-order valence-electron chi connectivity index (χ4n) is 5.03. The number of aromatic nitrogens is 1. The first-order valence-corrected chi connectivity index (χ1v) is 13.8. The van der Waals surface area contributed by atoms with E-state index in [0.717, 1.165) is 29.7 Å². The lowest BCUT2D eigenvalue weighted by atomic mass is 10.0. The fraction of sp³-hybridized carbons (Fsp3) is 0.226. The topological polar surface area (TPSA) is 97.3 Å². The molecule has 1 fully saturated rings. The Bertz CT molecular complexity index is 1620. The average molecular weight is 570 g/mol. The Morgan fingerprint density at radius 3 is 2.61 bits per heavy atom. The van der Waals surface area contributed by atoms with Gasteiger partial charge in [-0.2, -0.15) is 5.26 Å². The van der Waals surface area contributed by atoms with E-state index >= 15 is 0 Å². The monoisotopic (exact) mass is 569 g/mol. The van der Waals surface area contributed by atoms with Crippen molar-refractivity contribution in [3.05, 3.63) is 112 Å². The van der Waals surface area contributed by atoms with Crippen molar-refractivity contribution in [2.75, 3.05) is 24.4 Å². The number of pyridine rings is 1. The highest BCUT2D eigenvalue weighted by atomic mass is 35.5. The van der Waals surface area contributed by atoms with E-state index < -0.39 is 0 Å². The van der Waals surface area contributed by atoms with E-state index in [1.54, 1.807) is 19.2 Å². The van der Waals surface area contributed by atoms with Gasteiger partial charge in [-0.25, -0.2) is 4.39 Å². The molecule has 41 heavy (non-hydrogen) atoms. The molecule has 2 heterocycles. The third kappa shape index (κ3) is 5.77. The zero-order valence-corrected chi connectivity index (χ0v) is 23.1. The molecule has 3 aromatic carbocycles. The standard InChI is InChI=1S/C31H29ClFN7O/c1-41-18-28(19-5-3-2-4-6-19)37-29-21(15-34)16-35-31-25(29)13-23(14-26(31)32)36-30(20-7-9-22(33)10-8-20)27-17-40(39-38-27)24-11-12-24/h2-10,13-14,16-17,24,28,30,36,38-39H,11-12,18H2,1H3,(H,35,37)/t28-,30-/m1/s1. The SMILES string of the molecule is COC[C@@H](Nc1c(C#N)cnc2c(Cl)cc(N[C@@H](C3=CN(C4CC4)NN3)c3ccc(F)cc3)cc12)c1ccccc1. The molecule has 0 spiro atoms. The van der Waals surface area contributed by atoms with Gasteiger partial charge in [0.2, 0.25) is 0 Å². The van der Waals surface area contributed by atoms with Gasteiger partial charge in [-0.1, -0.05) is 54.1 Å². The Hall–Kier alpha value is -4.36. The van der Waals surface area contributed by atoms with Gasteiger partial charge in [0.1, 0.15) is 11.9 Å². The number of ether oxygens (including phenoxy) is 1. The molecule has 2 aliphatic rings. The first-order chi connectivity index (χ1) is 20.0. The van der Waals surface area contributed by atoms with Gasteiger partial charge >= 0.3 is 0 Å². The van der Waals surface area contributed by atoms with Gasteiger partial charge in [0.15, 0.2) is 0 Å². The minimum Gasteiger partial charge on any atom is -0.382 e. The number of fused-ring (bicyclic) bond motifs is 1. The summed E-state index contributed by atoms with van der Waals surface area (Å²) in [6.07, 6.45) is 5.83. The molecule has 1 aliphatic heterocycles. The van der Waals surface area contributed by atoms with Gasteiger partial charge < -0.3 is 20.8 Å². The molecule has 2 atom stereocenters. The Morgan fingerprint density at radius 2 is 1.90 bits per heavy atom. The van der Waals surface area contributed by atoms with Crippen LogP contribution in [0.1, 0.15) is 41.6 Å². The van der Waals surface area contributed by atoms with Crippen LogP contribution in [0.5, 0.6) is 0 Å². The van der Waals surface area contributed by atoms with E-state index in [1.807, 2.05) is 48.7 Å². The predicted molar refractivity (Wildman–Crippen MR) is 158 cm³/mol. The number of nitrogens with one attached hydrogen (secondary N) is 4. The Balaban J connectivity index is 1.41. The lowest BCUT2D eigenvalue weighted by Crippen LogP contribution is -2.38. The maximum atomic E-state index is 13.8. The molecule has 10 heteroatoms. The molecule has 4 aromatic rings. The molecular weight excluding hydrogens is 541 g/mol. The van der Waals surface area contributed by atoms with E-state index in [2.05, 4.69) is 37.7 Å². The van der Waals surface area contributed by atoms with Gasteiger partial charge in [-0.3, -0.25) is 9.99 Å². The summed E-state index contributed by atoms with van der Waals surface area (Å²) in [7, 11) is 1.65. The van der Waals surface area contributed by atoms with Crippen LogP contribution in [0.2, 0.25) is 5.02 Å². The summed E-state index contributed by atoms with van der Waals surface area (Å²) in [5, 5.41) is 20.3. The molecule has 0 radical (unpaired) electrons. The van der Waals surface area contributed by atoms with Gasteiger partial charge in [-0.15, -0.1) is 5.53 Å². The predicted octanol–water partition coefficient (Wildman–Crippen LogP) is 6.18. The molecule has 1 aliphatic carbocycles. The average Bonchev–Trinajstić information content (AvgIpc) is 3.73. The minimum absolute atomic E-state index is 0.214. The second-order valence-corrected chi connectivity index (χ2v) is 10.6. The van der Waals surface area contributed by atoms with E-state index in [-0.39, 0.29) is 17.9 Å². The first-order valence-electron chi connectivity index (χ1n) is 13.4. The zero-order valence-electron chi connectivity index (χ0n) is 22.4. The van der Waals surface area contributed by atoms with E-state index in [9.17, 15) is 9.65 Å². The highest BCUT2D eigenvalue weighted by molar-refractivity contribution is 6.35. The van der Waals surface area contributed by atoms with Crippen molar-refractivity contribution in [2.24, 2.45) is 0 Å². The van der Waals surface area contributed by atoms with Crippen molar-refractivity contribution in [1.29, 1.82) is 5.26 Å². The Kier molecular flexibility index (Phi) is 7.61. The van der Waals surface area contributed by atoms with Crippen LogP contribution in [-0.4, -0.2) is 29.8 Å². The van der Waals surface area contributed by atoms with Crippen molar-refractivity contribution in [3.63, 3.8) is 0 Å². The summed E-state index contributed by atoms with van der Waals surface area (Å²) < 4.78 is 19.3. The molecule has 8 nitrogen and oxygen atoms in total. The maximum Gasteiger partial charge on any atom is 0.123 e. The van der Waals surface area contributed by atoms with Crippen LogP contribution < -0.4 is 21.6 Å². The minimum atomic E-state index is -0.338. The fourth-order valence-corrected chi connectivity index (χ4v) is 5.30. The molecule has 0 unspecified atom stereocenters. The van der Waals surface area contributed by atoms with Crippen molar-refractivity contribution in [2.45, 2.75) is 31.0 Å². The van der Waals surface area contributed by atoms with Crippen LogP contribution in [0.4, 0.5) is 15.8 Å². The summed E-state index contributed by atoms with van der Waals surface area (Å²) in [5.74, 6) is -0.304. The summed E-state index contributed by atoms with van der Waals surface area (Å²) in [6.45, 7) is 0.390. The summed E-state index contributed by atoms with van der Waals surface area (Å²) in [4.78, 5) is 4.50. The van der Waals surface area contributed by atoms with Crippen molar-refractivity contribution in [1.82, 2.24) is 21.0 Å². The van der Waals surface area contributed by atoms with Crippen LogP contribution in [0.3, 0.4) is 0 Å². The number of nitrogens with zero attached hydrogens (tertiary/aromatic N) is 3. The summed E-state index contributed by atoms with van der Waals surface area (Å²) in [5.41, 5.74) is 11.5. The molecule has 0 saturated heterocycles. The second kappa shape index (κ2) is 11.6. The first kappa shape index (κ1) is 26.8. The molecule has 0 amide bonds. The number of benzene rings is 3. The largest absolute Gasteiger partial charge is 0.382 e. The smallest absolute Gasteiger partial charge is 0.123 e. The number of rotatable bonds is 10.